The molecule has 0 saturated carbocycles. The molecular weight excluding hydrogens is 392 g/mol. The molecule has 2 aromatic heterocycles. The quantitative estimate of drug-likeness (QED) is 0.484. The lowest BCUT2D eigenvalue weighted by molar-refractivity contribution is -0.118. The highest BCUT2D eigenvalue weighted by molar-refractivity contribution is 5.96. The molecule has 4 rings (SSSR count). The number of nitrogens with one attached hydrogen (secondary N) is 2. The largest absolute Gasteiger partial charge is 0.349 e. The smallest absolute Gasteiger partial charge is 0.271 e. The van der Waals surface area contributed by atoms with Gasteiger partial charge in [0.2, 0.25) is 5.91 Å². The van der Waals surface area contributed by atoms with E-state index in [1.54, 1.807) is 17.1 Å². The molecule has 2 N–H and O–H groups in total. The van der Waals surface area contributed by atoms with E-state index in [1.165, 1.54) is 0 Å². The van der Waals surface area contributed by atoms with E-state index < -0.39 is 0 Å². The fourth-order valence-corrected chi connectivity index (χ4v) is 3.19. The maximum Gasteiger partial charge on any atom is 0.271 e. The van der Waals surface area contributed by atoms with Crippen LogP contribution >= 0.6 is 0 Å². The number of carbonyl (C=O) groups excluding carboxylic acids is 2. The van der Waals surface area contributed by atoms with Crippen LogP contribution in [0.25, 0.3) is 16.7 Å². The third kappa shape index (κ3) is 4.48. The van der Waals surface area contributed by atoms with Crippen molar-refractivity contribution in [3.8, 4) is 5.69 Å². The van der Waals surface area contributed by atoms with Gasteiger partial charge in [0, 0.05) is 25.1 Å². The van der Waals surface area contributed by atoms with Crippen LogP contribution in [0.1, 0.15) is 24.3 Å². The van der Waals surface area contributed by atoms with Gasteiger partial charge in [-0.25, -0.2) is 9.67 Å². The number of para-hydroxylation sites is 3. The topological polar surface area (TPSA) is 93.8 Å². The molecule has 8 heteroatoms. The molecule has 2 aromatic carbocycles. The summed E-state index contributed by atoms with van der Waals surface area (Å²) in [5, 5.41) is 10.2. The van der Waals surface area contributed by atoms with Crippen molar-refractivity contribution >= 4 is 28.7 Å². The van der Waals surface area contributed by atoms with Crippen molar-refractivity contribution in [3.05, 3.63) is 72.7 Å². The van der Waals surface area contributed by atoms with Crippen molar-refractivity contribution in [1.29, 1.82) is 0 Å². The van der Waals surface area contributed by atoms with Gasteiger partial charge in [0.15, 0.2) is 5.69 Å². The first-order chi connectivity index (χ1) is 15.0. The minimum Gasteiger partial charge on any atom is -0.349 e. The Morgan fingerprint density at radius 1 is 1.03 bits per heavy atom. The maximum atomic E-state index is 12.7. The minimum absolute atomic E-state index is 0.143. The van der Waals surface area contributed by atoms with Crippen LogP contribution in [-0.4, -0.2) is 37.7 Å². The number of amides is 2. The molecule has 31 heavy (non-hydrogen) atoms. The van der Waals surface area contributed by atoms with Gasteiger partial charge in [-0.1, -0.05) is 44.2 Å². The number of hydrogen-bond acceptors (Lipinski definition) is 4. The first kappa shape index (κ1) is 20.3. The van der Waals surface area contributed by atoms with E-state index >= 15 is 0 Å². The molecule has 2 heterocycles. The van der Waals surface area contributed by atoms with Crippen LogP contribution in [0.4, 0.5) is 5.82 Å². The molecule has 0 aliphatic carbocycles. The van der Waals surface area contributed by atoms with E-state index in [2.05, 4.69) is 20.7 Å². The van der Waals surface area contributed by atoms with Gasteiger partial charge in [0.05, 0.1) is 23.0 Å². The summed E-state index contributed by atoms with van der Waals surface area (Å²) < 4.78 is 3.56. The van der Waals surface area contributed by atoms with E-state index in [1.807, 2.05) is 73.0 Å². The average molecular weight is 416 g/mol. The standard InChI is InChI=1S/C23H24N6O2/c1-16(2)22(30)26-21-14-19(27-29(21)17-8-4-3-5-9-17)23(31)24-12-13-28-15-25-18-10-6-7-11-20(18)28/h3-11,14-16H,12-13H2,1-2H3,(H,24,31)(H,26,30). The highest BCUT2D eigenvalue weighted by atomic mass is 16.2. The maximum absolute atomic E-state index is 12.7. The monoisotopic (exact) mass is 416 g/mol. The van der Waals surface area contributed by atoms with Crippen LogP contribution in [0, 0.1) is 5.92 Å². The number of imidazole rings is 1. The predicted molar refractivity (Wildman–Crippen MR) is 119 cm³/mol. The highest BCUT2D eigenvalue weighted by Gasteiger charge is 2.18. The molecule has 8 nitrogen and oxygen atoms in total. The van der Waals surface area contributed by atoms with Crippen LogP contribution in [0.3, 0.4) is 0 Å². The van der Waals surface area contributed by atoms with Crippen LogP contribution in [-0.2, 0) is 11.3 Å². The second-order valence-corrected chi connectivity index (χ2v) is 7.49. The Morgan fingerprint density at radius 2 is 1.77 bits per heavy atom. The molecule has 158 valence electrons. The number of fused-ring (bicyclic) bond motifs is 1. The molecule has 0 bridgehead atoms. The van der Waals surface area contributed by atoms with Gasteiger partial charge in [-0.3, -0.25) is 9.59 Å². The zero-order valence-corrected chi connectivity index (χ0v) is 17.4. The Kier molecular flexibility index (Phi) is 5.79. The number of benzene rings is 2. The summed E-state index contributed by atoms with van der Waals surface area (Å²) in [4.78, 5) is 29.3. The first-order valence-electron chi connectivity index (χ1n) is 10.2. The zero-order chi connectivity index (χ0) is 21.8. The van der Waals surface area contributed by atoms with Gasteiger partial charge >= 0.3 is 0 Å². The summed E-state index contributed by atoms with van der Waals surface area (Å²) in [6.07, 6.45) is 1.76. The van der Waals surface area contributed by atoms with Crippen LogP contribution in [0.2, 0.25) is 0 Å². The molecular formula is C23H24N6O2. The number of anilines is 1. The summed E-state index contributed by atoms with van der Waals surface area (Å²) in [6, 6.07) is 18.8. The molecule has 2 amide bonds. The third-order valence-corrected chi connectivity index (χ3v) is 4.88. The number of hydrogen-bond donors (Lipinski definition) is 2. The number of carbonyl (C=O) groups is 2. The lowest BCUT2D eigenvalue weighted by Crippen LogP contribution is -2.27. The van der Waals surface area contributed by atoms with Gasteiger partial charge < -0.3 is 15.2 Å². The van der Waals surface area contributed by atoms with Crippen molar-refractivity contribution in [2.45, 2.75) is 20.4 Å². The summed E-state index contributed by atoms with van der Waals surface area (Å²) in [6.45, 7) is 4.63. The number of nitrogens with zero attached hydrogens (tertiary/aromatic N) is 4. The average Bonchev–Trinajstić information content (AvgIpc) is 3.39. The third-order valence-electron chi connectivity index (χ3n) is 4.88. The molecule has 4 aromatic rings. The summed E-state index contributed by atoms with van der Waals surface area (Å²) in [7, 11) is 0. The van der Waals surface area contributed by atoms with Gasteiger partial charge in [0.25, 0.3) is 5.91 Å². The van der Waals surface area contributed by atoms with Crippen molar-refractivity contribution in [1.82, 2.24) is 24.6 Å². The van der Waals surface area contributed by atoms with Gasteiger partial charge in [-0.15, -0.1) is 0 Å². The van der Waals surface area contributed by atoms with Gasteiger partial charge in [0.1, 0.15) is 5.82 Å². The molecule has 0 radical (unpaired) electrons. The minimum atomic E-state index is -0.306. The van der Waals surface area contributed by atoms with Crippen LogP contribution < -0.4 is 10.6 Å². The fraction of sp³-hybridized carbons (Fsp3) is 0.217. The van der Waals surface area contributed by atoms with Crippen LogP contribution in [0.5, 0.6) is 0 Å². The summed E-state index contributed by atoms with van der Waals surface area (Å²) >= 11 is 0. The molecule has 0 atom stereocenters. The second-order valence-electron chi connectivity index (χ2n) is 7.49. The SMILES string of the molecule is CC(C)C(=O)Nc1cc(C(=O)NCCn2cnc3ccccc32)nn1-c1ccccc1. The molecule has 0 aliphatic rings. The molecule has 0 saturated heterocycles. The number of aromatic nitrogens is 4. The van der Waals surface area contributed by atoms with E-state index in [0.717, 1.165) is 16.7 Å². The molecule has 0 unspecified atom stereocenters. The fourth-order valence-electron chi connectivity index (χ4n) is 3.19. The summed E-state index contributed by atoms with van der Waals surface area (Å²) in [5.41, 5.74) is 2.92. The molecule has 0 fully saturated rings. The Hall–Kier alpha value is -3.94. The van der Waals surface area contributed by atoms with Gasteiger partial charge in [-0.05, 0) is 24.3 Å². The van der Waals surface area contributed by atoms with Crippen LogP contribution in [0.15, 0.2) is 67.0 Å². The Morgan fingerprint density at radius 3 is 2.55 bits per heavy atom. The van der Waals surface area contributed by atoms with E-state index in [9.17, 15) is 9.59 Å². The lowest BCUT2D eigenvalue weighted by atomic mass is 10.2. The lowest BCUT2D eigenvalue weighted by Gasteiger charge is -2.10. The van der Waals surface area contributed by atoms with Crippen molar-refractivity contribution in [2.75, 3.05) is 11.9 Å². The van der Waals surface area contributed by atoms with E-state index in [-0.39, 0.29) is 23.4 Å². The molecule has 0 aliphatic heterocycles. The zero-order valence-electron chi connectivity index (χ0n) is 17.4. The van der Waals surface area contributed by atoms with E-state index in [0.29, 0.717) is 18.9 Å². The Balaban J connectivity index is 1.49. The van der Waals surface area contributed by atoms with Crippen molar-refractivity contribution < 1.29 is 9.59 Å². The van der Waals surface area contributed by atoms with Crippen molar-refractivity contribution in [2.24, 2.45) is 5.92 Å². The predicted octanol–water partition coefficient (Wildman–Crippen LogP) is 3.25. The Labute approximate surface area is 179 Å². The highest BCUT2D eigenvalue weighted by Crippen LogP contribution is 2.18. The first-order valence-corrected chi connectivity index (χ1v) is 10.2. The van der Waals surface area contributed by atoms with Crippen molar-refractivity contribution in [3.63, 3.8) is 0 Å². The van der Waals surface area contributed by atoms with Gasteiger partial charge in [-0.2, -0.15) is 5.10 Å². The number of rotatable bonds is 7. The van der Waals surface area contributed by atoms with E-state index in [4.69, 9.17) is 0 Å². The Bertz CT molecular complexity index is 1210. The second kappa shape index (κ2) is 8.83. The summed E-state index contributed by atoms with van der Waals surface area (Å²) in [5.74, 6) is -0.188. The molecule has 0 spiro atoms. The normalized spacial score (nSPS) is 11.1.